The van der Waals surface area contributed by atoms with Gasteiger partial charge in [-0.2, -0.15) is 0 Å². The van der Waals surface area contributed by atoms with Crippen LogP contribution in [0.25, 0.3) is 0 Å². The minimum absolute atomic E-state index is 0. The monoisotopic (exact) mass is 419 g/mol. The van der Waals surface area contributed by atoms with Crippen molar-refractivity contribution in [2.45, 2.75) is 39.5 Å². The zero-order valence-electron chi connectivity index (χ0n) is 7.77. The molecule has 0 bridgehead atoms. The van der Waals surface area contributed by atoms with Crippen molar-refractivity contribution in [3.8, 4) is 0 Å². The van der Waals surface area contributed by atoms with Gasteiger partial charge in [-0.05, 0) is 12.8 Å². The van der Waals surface area contributed by atoms with Gasteiger partial charge < -0.3 is 5.11 Å². The number of carboxylic acids is 1. The van der Waals surface area contributed by atoms with E-state index >= 15 is 0 Å². The number of rotatable bonds is 5. The van der Waals surface area contributed by atoms with E-state index in [-0.39, 0.29) is 49.2 Å². The van der Waals surface area contributed by atoms with Crippen LogP contribution in [0.4, 0.5) is 0 Å². The summed E-state index contributed by atoms with van der Waals surface area (Å²) in [5.74, 6) is -0.754. The third-order valence-corrected chi connectivity index (χ3v) is 1.75. The minimum atomic E-state index is -0.643. The Kier molecular flexibility index (Phi) is 18.4. The second kappa shape index (κ2) is 11.9. The van der Waals surface area contributed by atoms with Crippen LogP contribution in [-0.4, -0.2) is 37.3 Å². The molecule has 0 heterocycles. The molecule has 1 N–H and O–H groups in total. The zero-order chi connectivity index (χ0) is 7.98. The van der Waals surface area contributed by atoms with Crippen LogP contribution >= 0.6 is 0 Å². The van der Waals surface area contributed by atoms with E-state index < -0.39 is 5.97 Å². The van der Waals surface area contributed by atoms with Crippen LogP contribution in [0.3, 0.4) is 0 Å². The molecule has 1 atom stereocenters. The fraction of sp³-hybridized carbons (Fsp3) is 0.875. The number of carboxylic acid groups (broad SMARTS) is 1. The summed E-state index contributed by atoms with van der Waals surface area (Å²) < 4.78 is 0. The first-order valence-electron chi connectivity index (χ1n) is 3.95. The van der Waals surface area contributed by atoms with Crippen molar-refractivity contribution in [2.24, 2.45) is 5.92 Å². The van der Waals surface area contributed by atoms with Crippen LogP contribution in [0.1, 0.15) is 39.5 Å². The van der Waals surface area contributed by atoms with Crippen molar-refractivity contribution in [3.05, 3.63) is 0 Å². The quantitative estimate of drug-likeness (QED) is 0.678. The van der Waals surface area contributed by atoms with Gasteiger partial charge in [0.1, 0.15) is 0 Å². The van der Waals surface area contributed by atoms with E-state index in [1.165, 1.54) is 0 Å². The summed E-state index contributed by atoms with van der Waals surface area (Å²) in [6.45, 7) is 4.00. The van der Waals surface area contributed by atoms with Gasteiger partial charge in [0.25, 0.3) is 0 Å². The van der Waals surface area contributed by atoms with Gasteiger partial charge in [0, 0.05) is 17.1 Å². The molecule has 12 heavy (non-hydrogen) atoms. The molecular formula is C8H19BiCuO2. The van der Waals surface area contributed by atoms with Gasteiger partial charge in [0.15, 0.2) is 0 Å². The van der Waals surface area contributed by atoms with Gasteiger partial charge in [-0.25, -0.2) is 0 Å². The Bertz CT molecular complexity index is 109. The minimum Gasteiger partial charge on any atom is 0 e. The first kappa shape index (κ1) is 18.6. The second-order valence-electron chi connectivity index (χ2n) is 2.59. The molecule has 0 aromatic carbocycles. The van der Waals surface area contributed by atoms with Crippen molar-refractivity contribution in [1.29, 1.82) is 0 Å². The molecule has 0 aliphatic rings. The molecule has 0 amide bonds. The van der Waals surface area contributed by atoms with E-state index in [1.807, 2.05) is 6.92 Å². The van der Waals surface area contributed by atoms with Gasteiger partial charge in [-0.1, -0.05) is 26.7 Å². The number of unbranched alkanes of at least 4 members (excludes halogenated alkanes) is 1. The van der Waals surface area contributed by atoms with Crippen molar-refractivity contribution in [2.75, 3.05) is 0 Å². The predicted molar refractivity (Wildman–Crippen MR) is 50.9 cm³/mol. The topological polar surface area (TPSA) is 37.3 Å². The predicted octanol–water partition coefficient (Wildman–Crippen LogP) is 1.10. The molecule has 2 nitrogen and oxygen atoms in total. The SMILES string of the molecule is CCCCC(CC)C(=O)O.[BiH3].[Cu]. The molecule has 0 spiro atoms. The van der Waals surface area contributed by atoms with Crippen molar-refractivity contribution < 1.29 is 27.0 Å². The van der Waals surface area contributed by atoms with E-state index in [1.54, 1.807) is 0 Å². The molecule has 0 rings (SSSR count). The first-order valence-corrected chi connectivity index (χ1v) is 3.95. The van der Waals surface area contributed by atoms with Crippen molar-refractivity contribution >= 4 is 32.2 Å². The van der Waals surface area contributed by atoms with Crippen LogP contribution < -0.4 is 0 Å². The van der Waals surface area contributed by atoms with E-state index in [9.17, 15) is 4.79 Å². The van der Waals surface area contributed by atoms with E-state index in [2.05, 4.69) is 6.92 Å². The summed E-state index contributed by atoms with van der Waals surface area (Å²) in [7, 11) is 0. The van der Waals surface area contributed by atoms with E-state index in [4.69, 9.17) is 5.11 Å². The smallest absolute Gasteiger partial charge is 0 e. The summed E-state index contributed by atoms with van der Waals surface area (Å²) in [6.07, 6.45) is 3.71. The standard InChI is InChI=1S/C8H16O2.Bi.Cu.3H/c1-3-5-6-7(4-2)8(9)10;;;;;/h7H,3-6H2,1-2H3,(H,9,10);;;;;. The van der Waals surface area contributed by atoms with E-state index in [0.717, 1.165) is 25.7 Å². The Labute approximate surface area is 104 Å². The van der Waals surface area contributed by atoms with E-state index in [0.29, 0.717) is 0 Å². The normalized spacial score (nSPS) is 10.8. The number of hydrogen-bond donors (Lipinski definition) is 1. The fourth-order valence-corrected chi connectivity index (χ4v) is 0.953. The van der Waals surface area contributed by atoms with Crippen LogP contribution in [0.2, 0.25) is 0 Å². The Morgan fingerprint density at radius 2 is 1.92 bits per heavy atom. The number of hydrogen-bond acceptors (Lipinski definition) is 1. The molecule has 0 aliphatic heterocycles. The maximum Gasteiger partial charge on any atom is 0 e. The maximum absolute atomic E-state index is 10.4. The van der Waals surface area contributed by atoms with Gasteiger partial charge >= 0.3 is 32.2 Å². The van der Waals surface area contributed by atoms with Crippen LogP contribution in [0.5, 0.6) is 0 Å². The van der Waals surface area contributed by atoms with Crippen LogP contribution in [-0.2, 0) is 21.9 Å². The zero-order valence-corrected chi connectivity index (χ0v) is 14.2. The van der Waals surface area contributed by atoms with Gasteiger partial charge in [-0.15, -0.1) is 0 Å². The third kappa shape index (κ3) is 8.96. The number of aliphatic carboxylic acids is 1. The Balaban J connectivity index is -0.000000405. The Morgan fingerprint density at radius 1 is 1.42 bits per heavy atom. The fourth-order valence-electron chi connectivity index (χ4n) is 0.953. The Hall–Kier alpha value is 0.873. The third-order valence-electron chi connectivity index (χ3n) is 1.75. The van der Waals surface area contributed by atoms with Crippen molar-refractivity contribution in [3.63, 3.8) is 0 Å². The van der Waals surface area contributed by atoms with Crippen LogP contribution in [0, 0.1) is 5.92 Å². The molecule has 4 heteroatoms. The molecule has 0 saturated heterocycles. The molecule has 79 valence electrons. The molecule has 1 radical (unpaired) electrons. The van der Waals surface area contributed by atoms with Gasteiger partial charge in [-0.3, -0.25) is 4.79 Å². The molecule has 0 fully saturated rings. The maximum atomic E-state index is 10.4. The average Bonchev–Trinajstić information content (AvgIpc) is 1.89. The summed E-state index contributed by atoms with van der Waals surface area (Å²) in [5.41, 5.74) is 0. The van der Waals surface area contributed by atoms with Gasteiger partial charge in [0.05, 0.1) is 5.92 Å². The molecule has 1 unspecified atom stereocenters. The summed E-state index contributed by atoms with van der Waals surface area (Å²) in [5, 5.41) is 8.60. The average molecular weight is 420 g/mol. The van der Waals surface area contributed by atoms with Crippen molar-refractivity contribution in [1.82, 2.24) is 0 Å². The molecule has 0 aliphatic carbocycles. The van der Waals surface area contributed by atoms with Gasteiger partial charge in [0.2, 0.25) is 0 Å². The molecule has 0 saturated carbocycles. The summed E-state index contributed by atoms with van der Waals surface area (Å²) in [4.78, 5) is 10.4. The summed E-state index contributed by atoms with van der Waals surface area (Å²) >= 11 is 0. The molecule has 0 aromatic heterocycles. The van der Waals surface area contributed by atoms with Crippen LogP contribution in [0.15, 0.2) is 0 Å². The summed E-state index contributed by atoms with van der Waals surface area (Å²) in [6, 6.07) is 0. The molecular weight excluding hydrogens is 401 g/mol. The molecule has 0 aromatic rings. The first-order chi connectivity index (χ1) is 4.72. The largest absolute Gasteiger partial charge is 0 e. The number of carbonyl (C=O) groups is 1. The second-order valence-corrected chi connectivity index (χ2v) is 2.59. The Morgan fingerprint density at radius 3 is 2.17 bits per heavy atom.